The first kappa shape index (κ1) is 11.4. The van der Waals surface area contributed by atoms with Crippen molar-refractivity contribution >= 4 is 0 Å². The summed E-state index contributed by atoms with van der Waals surface area (Å²) in [5.74, 6) is 0. The van der Waals surface area contributed by atoms with Gasteiger partial charge in [-0.25, -0.2) is 0 Å². The van der Waals surface area contributed by atoms with Crippen LogP contribution < -0.4 is 5.32 Å². The third-order valence-electron chi connectivity index (χ3n) is 3.19. The van der Waals surface area contributed by atoms with Gasteiger partial charge < -0.3 is 5.32 Å². The van der Waals surface area contributed by atoms with E-state index in [4.69, 9.17) is 0 Å². The van der Waals surface area contributed by atoms with Crippen LogP contribution in [0, 0.1) is 0 Å². The van der Waals surface area contributed by atoms with Crippen LogP contribution in [-0.4, -0.2) is 12.6 Å². The number of aryl methyl sites for hydroxylation is 1. The van der Waals surface area contributed by atoms with E-state index in [9.17, 15) is 0 Å². The summed E-state index contributed by atoms with van der Waals surface area (Å²) in [6, 6.07) is 11.5. The Kier molecular flexibility index (Phi) is 4.63. The van der Waals surface area contributed by atoms with Crippen molar-refractivity contribution in [1.29, 1.82) is 0 Å². The van der Waals surface area contributed by atoms with Crippen molar-refractivity contribution in [1.82, 2.24) is 5.32 Å². The van der Waals surface area contributed by atoms with Gasteiger partial charge in [-0.05, 0) is 44.2 Å². The Morgan fingerprint density at radius 2 is 2.00 bits per heavy atom. The van der Waals surface area contributed by atoms with Crippen LogP contribution in [0.3, 0.4) is 0 Å². The minimum absolute atomic E-state index is 0.723. The summed E-state index contributed by atoms with van der Waals surface area (Å²) in [7, 11) is 0. The van der Waals surface area contributed by atoms with Crippen LogP contribution in [0.1, 0.15) is 31.2 Å². The van der Waals surface area contributed by atoms with Gasteiger partial charge in [0.25, 0.3) is 0 Å². The molecule has 0 spiro atoms. The van der Waals surface area contributed by atoms with Crippen LogP contribution in [0.4, 0.5) is 0 Å². The second-order valence-electron chi connectivity index (χ2n) is 4.52. The van der Waals surface area contributed by atoms with Crippen molar-refractivity contribution < 1.29 is 0 Å². The molecule has 16 heavy (non-hydrogen) atoms. The van der Waals surface area contributed by atoms with Crippen LogP contribution >= 0.6 is 0 Å². The molecule has 0 saturated carbocycles. The SMILES string of the molecule is C1=CCC(NCCCc2ccccc2)CC1. The topological polar surface area (TPSA) is 12.0 Å². The van der Waals surface area contributed by atoms with E-state index < -0.39 is 0 Å². The van der Waals surface area contributed by atoms with Gasteiger partial charge in [-0.1, -0.05) is 42.5 Å². The summed E-state index contributed by atoms with van der Waals surface area (Å²) in [6.45, 7) is 1.15. The van der Waals surface area contributed by atoms with E-state index in [1.54, 1.807) is 0 Å². The van der Waals surface area contributed by atoms with Gasteiger partial charge >= 0.3 is 0 Å². The highest BCUT2D eigenvalue weighted by molar-refractivity contribution is 5.14. The lowest BCUT2D eigenvalue weighted by atomic mass is 10.0. The molecular formula is C15H21N. The zero-order chi connectivity index (χ0) is 11.1. The van der Waals surface area contributed by atoms with Crippen molar-refractivity contribution in [2.24, 2.45) is 0 Å². The van der Waals surface area contributed by atoms with Crippen LogP contribution in [0.15, 0.2) is 42.5 Å². The fourth-order valence-electron chi connectivity index (χ4n) is 2.22. The minimum atomic E-state index is 0.723. The molecule has 1 atom stereocenters. The summed E-state index contributed by atoms with van der Waals surface area (Å²) in [5, 5.41) is 3.64. The van der Waals surface area contributed by atoms with E-state index in [0.29, 0.717) is 0 Å². The van der Waals surface area contributed by atoms with Gasteiger partial charge in [0.15, 0.2) is 0 Å². The maximum Gasteiger partial charge on any atom is 0.0104 e. The van der Waals surface area contributed by atoms with Crippen LogP contribution in [0.5, 0.6) is 0 Å². The molecule has 1 aromatic carbocycles. The zero-order valence-electron chi connectivity index (χ0n) is 9.86. The second-order valence-corrected chi connectivity index (χ2v) is 4.52. The average molecular weight is 215 g/mol. The molecule has 0 radical (unpaired) electrons. The van der Waals surface area contributed by atoms with E-state index in [0.717, 1.165) is 12.6 Å². The molecule has 0 aromatic heterocycles. The highest BCUT2D eigenvalue weighted by Crippen LogP contribution is 2.10. The summed E-state index contributed by atoms with van der Waals surface area (Å²) in [5.41, 5.74) is 1.45. The molecule has 2 rings (SSSR count). The Bertz CT molecular complexity index is 315. The molecule has 86 valence electrons. The quantitative estimate of drug-likeness (QED) is 0.587. The molecule has 1 aromatic rings. The third kappa shape index (κ3) is 3.82. The molecule has 1 aliphatic carbocycles. The number of allylic oxidation sites excluding steroid dienone is 1. The van der Waals surface area contributed by atoms with Gasteiger partial charge in [0.2, 0.25) is 0 Å². The number of hydrogen-bond donors (Lipinski definition) is 1. The molecule has 0 aliphatic heterocycles. The normalized spacial score (nSPS) is 19.9. The second kappa shape index (κ2) is 6.49. The monoisotopic (exact) mass is 215 g/mol. The molecule has 1 heteroatoms. The maximum absolute atomic E-state index is 3.64. The molecule has 0 amide bonds. The van der Waals surface area contributed by atoms with Gasteiger partial charge in [-0.15, -0.1) is 0 Å². The lowest BCUT2D eigenvalue weighted by molar-refractivity contribution is 0.470. The van der Waals surface area contributed by atoms with Gasteiger partial charge in [0.05, 0.1) is 0 Å². The van der Waals surface area contributed by atoms with E-state index >= 15 is 0 Å². The highest BCUT2D eigenvalue weighted by Gasteiger charge is 2.07. The van der Waals surface area contributed by atoms with Crippen molar-refractivity contribution in [2.45, 2.75) is 38.1 Å². The molecule has 1 nitrogen and oxygen atoms in total. The minimum Gasteiger partial charge on any atom is -0.314 e. The van der Waals surface area contributed by atoms with Gasteiger partial charge in [0.1, 0.15) is 0 Å². The van der Waals surface area contributed by atoms with E-state index in [-0.39, 0.29) is 0 Å². The standard InChI is InChI=1S/C15H21N/c1-3-8-14(9-4-1)10-7-13-16-15-11-5-2-6-12-15/h1-5,8-9,15-16H,6-7,10-13H2. The Balaban J connectivity index is 1.60. The van der Waals surface area contributed by atoms with Gasteiger partial charge in [-0.2, -0.15) is 0 Å². The smallest absolute Gasteiger partial charge is 0.0104 e. The van der Waals surface area contributed by atoms with Crippen molar-refractivity contribution in [3.05, 3.63) is 48.0 Å². The summed E-state index contributed by atoms with van der Waals surface area (Å²) in [6.07, 6.45) is 10.8. The van der Waals surface area contributed by atoms with E-state index in [1.165, 1.54) is 37.7 Å². The average Bonchev–Trinajstić information content (AvgIpc) is 2.37. The Hall–Kier alpha value is -1.08. The fourth-order valence-corrected chi connectivity index (χ4v) is 2.22. The number of hydrogen-bond acceptors (Lipinski definition) is 1. The molecule has 0 heterocycles. The number of benzene rings is 1. The molecule has 0 saturated heterocycles. The third-order valence-corrected chi connectivity index (χ3v) is 3.19. The summed E-state index contributed by atoms with van der Waals surface area (Å²) in [4.78, 5) is 0. The van der Waals surface area contributed by atoms with Crippen molar-refractivity contribution in [3.8, 4) is 0 Å². The lowest BCUT2D eigenvalue weighted by Gasteiger charge is -2.19. The number of nitrogens with one attached hydrogen (secondary N) is 1. The molecular weight excluding hydrogens is 194 g/mol. The summed E-state index contributed by atoms with van der Waals surface area (Å²) >= 11 is 0. The maximum atomic E-state index is 3.64. The van der Waals surface area contributed by atoms with Crippen molar-refractivity contribution in [2.75, 3.05) is 6.54 Å². The predicted molar refractivity (Wildman–Crippen MR) is 69.5 cm³/mol. The fraction of sp³-hybridized carbons (Fsp3) is 0.467. The first-order valence-electron chi connectivity index (χ1n) is 6.37. The number of rotatable bonds is 5. The summed E-state index contributed by atoms with van der Waals surface area (Å²) < 4.78 is 0. The van der Waals surface area contributed by atoms with E-state index in [1.807, 2.05) is 0 Å². The Morgan fingerprint density at radius 1 is 1.12 bits per heavy atom. The predicted octanol–water partition coefficient (Wildman–Crippen LogP) is 3.32. The van der Waals surface area contributed by atoms with Gasteiger partial charge in [0, 0.05) is 6.04 Å². The molecule has 1 N–H and O–H groups in total. The molecule has 0 fully saturated rings. The van der Waals surface area contributed by atoms with E-state index in [2.05, 4.69) is 47.8 Å². The van der Waals surface area contributed by atoms with Crippen LogP contribution in [-0.2, 0) is 6.42 Å². The first-order chi connectivity index (χ1) is 7.95. The van der Waals surface area contributed by atoms with Crippen LogP contribution in [0.2, 0.25) is 0 Å². The molecule has 1 unspecified atom stereocenters. The Labute approximate surface area is 98.6 Å². The lowest BCUT2D eigenvalue weighted by Crippen LogP contribution is -2.30. The largest absolute Gasteiger partial charge is 0.314 e. The van der Waals surface area contributed by atoms with Gasteiger partial charge in [-0.3, -0.25) is 0 Å². The zero-order valence-corrected chi connectivity index (χ0v) is 9.86. The van der Waals surface area contributed by atoms with Crippen LogP contribution in [0.25, 0.3) is 0 Å². The Morgan fingerprint density at radius 3 is 2.75 bits per heavy atom. The first-order valence-corrected chi connectivity index (χ1v) is 6.37. The van der Waals surface area contributed by atoms with Crippen molar-refractivity contribution in [3.63, 3.8) is 0 Å². The molecule has 1 aliphatic rings. The highest BCUT2D eigenvalue weighted by atomic mass is 14.9. The molecule has 0 bridgehead atoms.